The van der Waals surface area contributed by atoms with Gasteiger partial charge in [0.1, 0.15) is 3.42 Å². The van der Waals surface area contributed by atoms with Crippen molar-refractivity contribution in [2.24, 2.45) is 0 Å². The number of alkyl halides is 1. The molecule has 0 radical (unpaired) electrons. The number of rotatable bonds is 2. The van der Waals surface area contributed by atoms with Crippen LogP contribution in [0.1, 0.15) is 29.0 Å². The summed E-state index contributed by atoms with van der Waals surface area (Å²) in [5.41, 5.74) is 5.28. The number of nitrogens with one attached hydrogen (secondary N) is 2. The highest BCUT2D eigenvalue weighted by atomic mass is 127. The SMILES string of the molecule is O=C1NC(=O)[C@@](I)(c2c[nH]c3ccccc23)C1c1cn2c3c(cccc13)CCC2. The summed E-state index contributed by atoms with van der Waals surface area (Å²) in [6, 6.07) is 14.2. The van der Waals surface area contributed by atoms with E-state index in [2.05, 4.69) is 61.9 Å². The molecule has 2 aliphatic heterocycles. The third kappa shape index (κ3) is 2.20. The van der Waals surface area contributed by atoms with Crippen molar-refractivity contribution in [3.05, 3.63) is 71.5 Å². The van der Waals surface area contributed by atoms with Crippen molar-refractivity contribution in [3.63, 3.8) is 0 Å². The molecule has 0 spiro atoms. The smallest absolute Gasteiger partial charge is 0.248 e. The number of imide groups is 1. The molecule has 6 rings (SSSR count). The third-order valence-electron chi connectivity index (χ3n) is 6.38. The molecular formula is C23H18IN3O2. The first-order chi connectivity index (χ1) is 14.1. The normalized spacial score (nSPS) is 23.8. The van der Waals surface area contributed by atoms with E-state index in [0.29, 0.717) is 0 Å². The van der Waals surface area contributed by atoms with Gasteiger partial charge in [0.25, 0.3) is 0 Å². The van der Waals surface area contributed by atoms with Crippen LogP contribution in [0.5, 0.6) is 0 Å². The fourth-order valence-electron chi connectivity index (χ4n) is 5.11. The van der Waals surface area contributed by atoms with Gasteiger partial charge in [-0.05, 0) is 30.0 Å². The number of hydrogen-bond donors (Lipinski definition) is 2. The number of carbonyl (C=O) groups excluding carboxylic acids is 2. The summed E-state index contributed by atoms with van der Waals surface area (Å²) in [6.07, 6.45) is 6.12. The highest BCUT2D eigenvalue weighted by molar-refractivity contribution is 14.1. The molecule has 1 unspecified atom stereocenters. The summed E-state index contributed by atoms with van der Waals surface area (Å²) in [7, 11) is 0. The van der Waals surface area contributed by atoms with Gasteiger partial charge in [-0.1, -0.05) is 59.0 Å². The molecule has 5 nitrogen and oxygen atoms in total. The van der Waals surface area contributed by atoms with Crippen molar-refractivity contribution in [2.45, 2.75) is 28.7 Å². The van der Waals surface area contributed by atoms with Gasteiger partial charge in [-0.3, -0.25) is 14.9 Å². The maximum atomic E-state index is 13.2. The molecular weight excluding hydrogens is 477 g/mol. The van der Waals surface area contributed by atoms with E-state index in [9.17, 15) is 9.59 Å². The molecule has 2 N–H and O–H groups in total. The van der Waals surface area contributed by atoms with E-state index in [1.54, 1.807) is 0 Å². The van der Waals surface area contributed by atoms with Crippen molar-refractivity contribution < 1.29 is 9.59 Å². The van der Waals surface area contributed by atoms with E-state index in [1.807, 2.05) is 30.5 Å². The third-order valence-corrected chi connectivity index (χ3v) is 8.07. The first kappa shape index (κ1) is 17.3. The lowest BCUT2D eigenvalue weighted by molar-refractivity contribution is -0.125. The van der Waals surface area contributed by atoms with E-state index in [-0.39, 0.29) is 11.8 Å². The average Bonchev–Trinajstić information content (AvgIpc) is 3.37. The van der Waals surface area contributed by atoms with Crippen molar-refractivity contribution >= 4 is 56.2 Å². The van der Waals surface area contributed by atoms with Gasteiger partial charge in [0.2, 0.25) is 11.8 Å². The number of hydrogen-bond acceptors (Lipinski definition) is 2. The second-order valence-electron chi connectivity index (χ2n) is 7.91. The van der Waals surface area contributed by atoms with Crippen LogP contribution in [0.25, 0.3) is 21.8 Å². The second-order valence-corrected chi connectivity index (χ2v) is 9.61. The second kappa shape index (κ2) is 5.95. The maximum absolute atomic E-state index is 13.2. The quantitative estimate of drug-likeness (QED) is 0.250. The first-order valence-electron chi connectivity index (χ1n) is 9.80. The van der Waals surface area contributed by atoms with Crippen LogP contribution in [-0.2, 0) is 26.0 Å². The van der Waals surface area contributed by atoms with E-state index < -0.39 is 9.34 Å². The number of amides is 2. The summed E-state index contributed by atoms with van der Waals surface area (Å²) < 4.78 is 1.25. The Morgan fingerprint density at radius 1 is 1.07 bits per heavy atom. The van der Waals surface area contributed by atoms with Crippen molar-refractivity contribution in [3.8, 4) is 0 Å². The van der Waals surface area contributed by atoms with Crippen molar-refractivity contribution in [2.75, 3.05) is 0 Å². The van der Waals surface area contributed by atoms with Gasteiger partial charge in [0, 0.05) is 40.8 Å². The average molecular weight is 495 g/mol. The van der Waals surface area contributed by atoms with Crippen LogP contribution in [0.3, 0.4) is 0 Å². The predicted octanol–water partition coefficient (Wildman–Crippen LogP) is 4.14. The minimum atomic E-state index is -1.00. The molecule has 4 heterocycles. The molecule has 0 bridgehead atoms. The Labute approximate surface area is 180 Å². The number of benzene rings is 2. The van der Waals surface area contributed by atoms with E-state index in [1.165, 1.54) is 11.1 Å². The largest absolute Gasteiger partial charge is 0.361 e. The Bertz CT molecular complexity index is 1330. The van der Waals surface area contributed by atoms with E-state index in [4.69, 9.17) is 0 Å². The molecule has 29 heavy (non-hydrogen) atoms. The molecule has 1 saturated heterocycles. The van der Waals surface area contributed by atoms with Crippen LogP contribution in [0.4, 0.5) is 0 Å². The number of H-pyrrole nitrogens is 1. The van der Waals surface area contributed by atoms with Gasteiger partial charge < -0.3 is 9.55 Å². The van der Waals surface area contributed by atoms with Gasteiger partial charge in [0.15, 0.2) is 0 Å². The number of aromatic amines is 1. The summed E-state index contributed by atoms with van der Waals surface area (Å²) in [5.74, 6) is -1.05. The lowest BCUT2D eigenvalue weighted by Gasteiger charge is -2.25. The fraction of sp³-hybridized carbons (Fsp3) is 0.217. The van der Waals surface area contributed by atoms with Gasteiger partial charge in [-0.2, -0.15) is 0 Å². The van der Waals surface area contributed by atoms with Crippen LogP contribution >= 0.6 is 22.6 Å². The Balaban J connectivity index is 1.63. The molecule has 2 atom stereocenters. The maximum Gasteiger partial charge on any atom is 0.248 e. The molecule has 0 aliphatic carbocycles. The number of aryl methyl sites for hydroxylation is 2. The molecule has 6 heteroatoms. The first-order valence-corrected chi connectivity index (χ1v) is 10.9. The summed E-state index contributed by atoms with van der Waals surface area (Å²) >= 11 is 2.20. The predicted molar refractivity (Wildman–Crippen MR) is 120 cm³/mol. The number of carbonyl (C=O) groups is 2. The minimum Gasteiger partial charge on any atom is -0.361 e. The van der Waals surface area contributed by atoms with Crippen LogP contribution in [-0.4, -0.2) is 21.4 Å². The zero-order valence-electron chi connectivity index (χ0n) is 15.5. The molecule has 2 amide bonds. The Morgan fingerprint density at radius 3 is 2.79 bits per heavy atom. The molecule has 1 fully saturated rings. The number of para-hydroxylation sites is 2. The molecule has 0 saturated carbocycles. The highest BCUT2D eigenvalue weighted by Crippen LogP contribution is 2.52. The lowest BCUT2D eigenvalue weighted by Crippen LogP contribution is -2.32. The monoisotopic (exact) mass is 495 g/mol. The number of nitrogens with zero attached hydrogens (tertiary/aromatic N) is 1. The topological polar surface area (TPSA) is 66.9 Å². The fourth-order valence-corrected chi connectivity index (χ4v) is 6.31. The number of halogens is 1. The molecule has 144 valence electrons. The Kier molecular flexibility index (Phi) is 3.54. The van der Waals surface area contributed by atoms with E-state index in [0.717, 1.165) is 46.8 Å². The molecule has 2 aromatic carbocycles. The molecule has 2 aromatic heterocycles. The Morgan fingerprint density at radius 2 is 1.90 bits per heavy atom. The summed E-state index contributed by atoms with van der Waals surface area (Å²) in [6.45, 7) is 0.942. The van der Waals surface area contributed by atoms with Crippen molar-refractivity contribution in [1.29, 1.82) is 0 Å². The minimum absolute atomic E-state index is 0.224. The Hall–Kier alpha value is -2.61. The molecule has 2 aliphatic rings. The zero-order valence-corrected chi connectivity index (χ0v) is 17.7. The van der Waals surface area contributed by atoms with Crippen LogP contribution in [0.2, 0.25) is 0 Å². The zero-order chi connectivity index (χ0) is 19.8. The van der Waals surface area contributed by atoms with Crippen molar-refractivity contribution in [1.82, 2.24) is 14.9 Å². The van der Waals surface area contributed by atoms with Crippen LogP contribution < -0.4 is 5.32 Å². The lowest BCUT2D eigenvalue weighted by atomic mass is 9.82. The van der Waals surface area contributed by atoms with E-state index >= 15 is 0 Å². The summed E-state index contributed by atoms with van der Waals surface area (Å²) in [5, 5.41) is 4.68. The number of fused-ring (bicyclic) bond motifs is 1. The van der Waals surface area contributed by atoms with Gasteiger partial charge in [-0.15, -0.1) is 0 Å². The number of aromatic nitrogens is 2. The van der Waals surface area contributed by atoms with Crippen LogP contribution in [0, 0.1) is 0 Å². The standard InChI is InChI=1S/C23H18IN3O2/c24-23(17-11-25-18-9-2-1-7-15(17)18)19(21(28)26-22(23)29)16-12-27-10-4-6-13-5-3-8-14(16)20(13)27/h1-3,5,7-9,11-12,19,25H,4,6,10H2,(H,26,28,29)/t19?,23-/m1/s1. The van der Waals surface area contributed by atoms with Gasteiger partial charge in [0.05, 0.1) is 11.4 Å². The van der Waals surface area contributed by atoms with Gasteiger partial charge in [-0.25, -0.2) is 0 Å². The highest BCUT2D eigenvalue weighted by Gasteiger charge is 2.57. The molecule has 4 aromatic rings. The van der Waals surface area contributed by atoms with Crippen LogP contribution in [0.15, 0.2) is 54.9 Å². The van der Waals surface area contributed by atoms with Gasteiger partial charge >= 0.3 is 0 Å². The summed E-state index contributed by atoms with van der Waals surface area (Å²) in [4.78, 5) is 29.6.